The SMILES string of the molecule is CN=C(NCCCCn1ccccc1=O)N1CCN(c2cccc(C(F)(F)F)c2)CC1.I. The first-order chi connectivity index (χ1) is 14.9. The van der Waals surface area contributed by atoms with Crippen LogP contribution in [0.2, 0.25) is 0 Å². The average molecular weight is 563 g/mol. The molecule has 1 aliphatic rings. The molecule has 6 nitrogen and oxygen atoms in total. The molecule has 0 saturated carbocycles. The number of piperazine rings is 1. The Hall–Kier alpha value is -2.24. The Morgan fingerprint density at radius 3 is 2.47 bits per heavy atom. The van der Waals surface area contributed by atoms with E-state index in [1.165, 1.54) is 12.1 Å². The summed E-state index contributed by atoms with van der Waals surface area (Å²) in [7, 11) is 1.73. The fourth-order valence-corrected chi connectivity index (χ4v) is 3.64. The number of guanidine groups is 1. The highest BCUT2D eigenvalue weighted by molar-refractivity contribution is 14.0. The Balaban J connectivity index is 0.00000363. The highest BCUT2D eigenvalue weighted by atomic mass is 127. The molecule has 1 N–H and O–H groups in total. The summed E-state index contributed by atoms with van der Waals surface area (Å²) in [5, 5.41) is 3.34. The molecule has 0 bridgehead atoms. The average Bonchev–Trinajstić information content (AvgIpc) is 2.77. The molecular weight excluding hydrogens is 534 g/mol. The van der Waals surface area contributed by atoms with Gasteiger partial charge >= 0.3 is 6.18 Å². The van der Waals surface area contributed by atoms with E-state index in [2.05, 4.69) is 15.2 Å². The van der Waals surface area contributed by atoms with Crippen molar-refractivity contribution in [2.24, 2.45) is 4.99 Å². The normalized spacial score (nSPS) is 14.8. The molecule has 10 heteroatoms. The van der Waals surface area contributed by atoms with Crippen LogP contribution in [0, 0.1) is 0 Å². The van der Waals surface area contributed by atoms with E-state index in [1.54, 1.807) is 36.0 Å². The zero-order valence-electron chi connectivity index (χ0n) is 18.0. The first kappa shape index (κ1) is 26.0. The Morgan fingerprint density at radius 2 is 1.81 bits per heavy atom. The maximum atomic E-state index is 13.0. The van der Waals surface area contributed by atoms with Gasteiger partial charge in [0.25, 0.3) is 0 Å². The number of rotatable bonds is 6. The van der Waals surface area contributed by atoms with Crippen molar-refractivity contribution in [3.05, 3.63) is 64.6 Å². The Kier molecular flexibility index (Phi) is 9.85. The van der Waals surface area contributed by atoms with E-state index in [0.29, 0.717) is 38.4 Å². The highest BCUT2D eigenvalue weighted by Gasteiger charge is 2.31. The number of benzene rings is 1. The molecule has 1 fully saturated rings. The fraction of sp³-hybridized carbons (Fsp3) is 0.455. The number of pyridine rings is 1. The summed E-state index contributed by atoms with van der Waals surface area (Å²) in [6.45, 7) is 4.01. The number of alkyl halides is 3. The predicted octanol–water partition coefficient (Wildman–Crippen LogP) is 3.66. The van der Waals surface area contributed by atoms with Gasteiger partial charge in [0.15, 0.2) is 5.96 Å². The number of nitrogens with one attached hydrogen (secondary N) is 1. The van der Waals surface area contributed by atoms with Gasteiger partial charge in [-0.1, -0.05) is 12.1 Å². The minimum atomic E-state index is -4.34. The molecule has 2 heterocycles. The summed E-state index contributed by atoms with van der Waals surface area (Å²) in [6, 6.07) is 10.6. The van der Waals surface area contributed by atoms with E-state index in [1.807, 2.05) is 11.0 Å². The zero-order chi connectivity index (χ0) is 22.3. The summed E-state index contributed by atoms with van der Waals surface area (Å²) < 4.78 is 40.6. The third-order valence-corrected chi connectivity index (χ3v) is 5.34. The molecule has 1 aliphatic heterocycles. The van der Waals surface area contributed by atoms with Crippen LogP contribution in [0.3, 0.4) is 0 Å². The number of anilines is 1. The third kappa shape index (κ3) is 7.14. The van der Waals surface area contributed by atoms with Crippen LogP contribution in [0.5, 0.6) is 0 Å². The maximum Gasteiger partial charge on any atom is 0.416 e. The smallest absolute Gasteiger partial charge is 0.368 e. The van der Waals surface area contributed by atoms with Crippen LogP contribution in [-0.2, 0) is 12.7 Å². The molecule has 2 aromatic rings. The number of hydrogen-bond donors (Lipinski definition) is 1. The molecule has 0 atom stereocenters. The van der Waals surface area contributed by atoms with Gasteiger partial charge in [-0.25, -0.2) is 0 Å². The zero-order valence-corrected chi connectivity index (χ0v) is 20.3. The molecule has 1 aromatic heterocycles. The highest BCUT2D eigenvalue weighted by Crippen LogP contribution is 2.31. The van der Waals surface area contributed by atoms with E-state index in [-0.39, 0.29) is 29.5 Å². The van der Waals surface area contributed by atoms with Crippen LogP contribution < -0.4 is 15.8 Å². The van der Waals surface area contributed by atoms with Crippen LogP contribution in [0.15, 0.2) is 58.4 Å². The number of aromatic nitrogens is 1. The quantitative estimate of drug-likeness (QED) is 0.253. The van der Waals surface area contributed by atoms with E-state index in [0.717, 1.165) is 31.4 Å². The van der Waals surface area contributed by atoms with Crippen molar-refractivity contribution in [1.82, 2.24) is 14.8 Å². The van der Waals surface area contributed by atoms with Crippen molar-refractivity contribution in [2.45, 2.75) is 25.6 Å². The first-order valence-electron chi connectivity index (χ1n) is 10.4. The van der Waals surface area contributed by atoms with Crippen LogP contribution in [0.1, 0.15) is 18.4 Å². The number of aryl methyl sites for hydroxylation is 1. The Morgan fingerprint density at radius 1 is 1.06 bits per heavy atom. The second-order valence-corrected chi connectivity index (χ2v) is 7.44. The summed E-state index contributed by atoms with van der Waals surface area (Å²) in [5.41, 5.74) is -0.0267. The van der Waals surface area contributed by atoms with E-state index in [4.69, 9.17) is 0 Å². The lowest BCUT2D eigenvalue weighted by Gasteiger charge is -2.37. The van der Waals surface area contributed by atoms with Crippen molar-refractivity contribution < 1.29 is 13.2 Å². The molecule has 3 rings (SSSR count). The van der Waals surface area contributed by atoms with Gasteiger partial charge in [-0.3, -0.25) is 9.79 Å². The molecule has 1 aromatic carbocycles. The van der Waals surface area contributed by atoms with Gasteiger partial charge in [0.05, 0.1) is 5.56 Å². The maximum absolute atomic E-state index is 13.0. The molecular formula is C22H29F3IN5O. The third-order valence-electron chi connectivity index (χ3n) is 5.34. The largest absolute Gasteiger partial charge is 0.416 e. The lowest BCUT2D eigenvalue weighted by molar-refractivity contribution is -0.137. The van der Waals surface area contributed by atoms with E-state index in [9.17, 15) is 18.0 Å². The standard InChI is InChI=1S/C22H28F3N5O.HI/c1-26-21(27-10-3-5-12-29-11-4-2-9-20(29)31)30-15-13-28(14-16-30)19-8-6-7-18(17-19)22(23,24)25;/h2,4,6-9,11,17H,3,5,10,12-16H2,1H3,(H,26,27);1H. The number of halogens is 4. The van der Waals surface area contributed by atoms with Crippen molar-refractivity contribution >= 4 is 35.6 Å². The number of nitrogens with zero attached hydrogens (tertiary/aromatic N) is 4. The Labute approximate surface area is 203 Å². The fourth-order valence-electron chi connectivity index (χ4n) is 3.64. The molecule has 0 unspecified atom stereocenters. The minimum Gasteiger partial charge on any atom is -0.368 e. The predicted molar refractivity (Wildman–Crippen MR) is 132 cm³/mol. The van der Waals surface area contributed by atoms with Crippen LogP contribution in [0.25, 0.3) is 0 Å². The van der Waals surface area contributed by atoms with Gasteiger partial charge in [0, 0.05) is 64.3 Å². The number of aliphatic imine (C=N–C) groups is 1. The number of hydrogen-bond acceptors (Lipinski definition) is 3. The van der Waals surface area contributed by atoms with Crippen molar-refractivity contribution in [3.8, 4) is 0 Å². The lowest BCUT2D eigenvalue weighted by Crippen LogP contribution is -2.52. The molecule has 0 radical (unpaired) electrons. The molecule has 176 valence electrons. The monoisotopic (exact) mass is 563 g/mol. The molecule has 0 amide bonds. The Bertz CT molecular complexity index is 939. The first-order valence-corrected chi connectivity index (χ1v) is 10.4. The second kappa shape index (κ2) is 12.1. The van der Waals surface area contributed by atoms with Crippen LogP contribution >= 0.6 is 24.0 Å². The summed E-state index contributed by atoms with van der Waals surface area (Å²) >= 11 is 0. The van der Waals surface area contributed by atoms with E-state index < -0.39 is 11.7 Å². The minimum absolute atomic E-state index is 0. The molecule has 0 spiro atoms. The summed E-state index contributed by atoms with van der Waals surface area (Å²) in [6.07, 6.45) is -0.779. The van der Waals surface area contributed by atoms with Crippen molar-refractivity contribution in [1.29, 1.82) is 0 Å². The van der Waals surface area contributed by atoms with Crippen LogP contribution in [-0.4, -0.2) is 55.2 Å². The van der Waals surface area contributed by atoms with Crippen molar-refractivity contribution in [2.75, 3.05) is 44.7 Å². The lowest BCUT2D eigenvalue weighted by atomic mass is 10.1. The molecule has 1 saturated heterocycles. The van der Waals surface area contributed by atoms with Gasteiger partial charge in [0.1, 0.15) is 0 Å². The van der Waals surface area contributed by atoms with Gasteiger partial charge in [-0.05, 0) is 37.1 Å². The summed E-state index contributed by atoms with van der Waals surface area (Å²) in [5.74, 6) is 0.792. The van der Waals surface area contributed by atoms with E-state index >= 15 is 0 Å². The van der Waals surface area contributed by atoms with Gasteiger partial charge < -0.3 is 19.7 Å². The number of unbranched alkanes of at least 4 members (excludes halogenated alkanes) is 1. The van der Waals surface area contributed by atoms with Gasteiger partial charge in [-0.15, -0.1) is 24.0 Å². The molecule has 0 aliphatic carbocycles. The molecule has 32 heavy (non-hydrogen) atoms. The topological polar surface area (TPSA) is 52.9 Å². The van der Waals surface area contributed by atoms with Gasteiger partial charge in [0.2, 0.25) is 5.56 Å². The van der Waals surface area contributed by atoms with Crippen LogP contribution in [0.4, 0.5) is 18.9 Å². The summed E-state index contributed by atoms with van der Waals surface area (Å²) in [4.78, 5) is 20.1. The van der Waals surface area contributed by atoms with Gasteiger partial charge in [-0.2, -0.15) is 13.2 Å². The van der Waals surface area contributed by atoms with Crippen molar-refractivity contribution in [3.63, 3.8) is 0 Å². The second-order valence-electron chi connectivity index (χ2n) is 7.44.